The van der Waals surface area contributed by atoms with Gasteiger partial charge in [-0.25, -0.2) is 9.18 Å². The van der Waals surface area contributed by atoms with Gasteiger partial charge in [-0.1, -0.05) is 41.4 Å². The molecule has 3 N–H and O–H groups in total. The van der Waals surface area contributed by atoms with E-state index < -0.39 is 17.9 Å². The summed E-state index contributed by atoms with van der Waals surface area (Å²) in [4.78, 5) is 24.0. The van der Waals surface area contributed by atoms with Crippen LogP contribution in [0.25, 0.3) is 0 Å². The van der Waals surface area contributed by atoms with E-state index in [2.05, 4.69) is 16.0 Å². The van der Waals surface area contributed by atoms with Crippen molar-refractivity contribution in [3.63, 3.8) is 0 Å². The number of carbonyl (C=O) groups excluding carboxylic acids is 2. The van der Waals surface area contributed by atoms with Gasteiger partial charge in [-0.3, -0.25) is 4.79 Å². The summed E-state index contributed by atoms with van der Waals surface area (Å²) in [7, 11) is 0. The number of rotatable bonds is 4. The third-order valence-electron chi connectivity index (χ3n) is 5.07. The van der Waals surface area contributed by atoms with Gasteiger partial charge in [-0.2, -0.15) is 0 Å². The van der Waals surface area contributed by atoms with Crippen LogP contribution in [0.15, 0.2) is 36.4 Å². The van der Waals surface area contributed by atoms with E-state index in [1.165, 1.54) is 12.1 Å². The predicted molar refractivity (Wildman–Crippen MR) is 101 cm³/mol. The van der Waals surface area contributed by atoms with Gasteiger partial charge in [0.05, 0.1) is 11.1 Å². The van der Waals surface area contributed by atoms with Crippen LogP contribution < -0.4 is 16.0 Å². The average Bonchev–Trinajstić information content (AvgIpc) is 3.05. The van der Waals surface area contributed by atoms with Crippen molar-refractivity contribution < 1.29 is 14.0 Å². The Bertz CT molecular complexity index is 937. The maximum Gasteiger partial charge on any atom is 0.315 e. The standard InChI is InChI=1S/C19H16Cl2FN3O2/c20-13-3-1-2-10-11(13)7-12(10)17(9-4-5-15(22)14(21)6-9)25-18(26)16-8-23-19(27)24-16/h1-6,12,16-17H,7-8H2,(H,25,26)(H2,23,24,27)/t12-,16+,17-/m1/s1. The number of hydrogen-bond acceptors (Lipinski definition) is 2. The van der Waals surface area contributed by atoms with E-state index in [0.717, 1.165) is 11.1 Å². The smallest absolute Gasteiger partial charge is 0.315 e. The fourth-order valence-electron chi connectivity index (χ4n) is 3.62. The van der Waals surface area contributed by atoms with Gasteiger partial charge in [-0.15, -0.1) is 0 Å². The highest BCUT2D eigenvalue weighted by Crippen LogP contribution is 2.46. The second kappa shape index (κ2) is 7.02. The maximum absolute atomic E-state index is 13.6. The second-order valence-electron chi connectivity index (χ2n) is 6.68. The zero-order valence-corrected chi connectivity index (χ0v) is 15.6. The highest BCUT2D eigenvalue weighted by Gasteiger charge is 2.38. The molecule has 1 aliphatic carbocycles. The van der Waals surface area contributed by atoms with Crippen LogP contribution in [-0.2, 0) is 11.2 Å². The van der Waals surface area contributed by atoms with Crippen LogP contribution in [0, 0.1) is 5.82 Å². The van der Waals surface area contributed by atoms with Crippen LogP contribution in [0.3, 0.4) is 0 Å². The lowest BCUT2D eigenvalue weighted by molar-refractivity contribution is -0.123. The molecule has 140 valence electrons. The maximum atomic E-state index is 13.6. The van der Waals surface area contributed by atoms with E-state index >= 15 is 0 Å². The van der Waals surface area contributed by atoms with Gasteiger partial charge >= 0.3 is 6.03 Å². The zero-order valence-electron chi connectivity index (χ0n) is 14.1. The summed E-state index contributed by atoms with van der Waals surface area (Å²) in [6, 6.07) is 8.64. The summed E-state index contributed by atoms with van der Waals surface area (Å²) in [6.07, 6.45) is 0.685. The van der Waals surface area contributed by atoms with Crippen molar-refractivity contribution >= 4 is 35.1 Å². The molecule has 0 aromatic heterocycles. The molecule has 3 atom stereocenters. The lowest BCUT2D eigenvalue weighted by Crippen LogP contribution is -2.46. The van der Waals surface area contributed by atoms with Gasteiger partial charge in [0.15, 0.2) is 0 Å². The Morgan fingerprint density at radius 3 is 2.74 bits per heavy atom. The van der Waals surface area contributed by atoms with Gasteiger partial charge in [0, 0.05) is 17.5 Å². The normalized spacial score (nSPS) is 21.5. The Balaban J connectivity index is 1.64. The molecule has 1 saturated heterocycles. The molecular formula is C19H16Cl2FN3O2. The van der Waals surface area contributed by atoms with Gasteiger partial charge in [0.1, 0.15) is 11.9 Å². The number of urea groups is 1. The molecule has 5 nitrogen and oxygen atoms in total. The molecule has 0 unspecified atom stereocenters. The third kappa shape index (κ3) is 3.35. The fourth-order valence-corrected chi connectivity index (χ4v) is 4.07. The first-order valence-corrected chi connectivity index (χ1v) is 9.26. The number of halogens is 3. The summed E-state index contributed by atoms with van der Waals surface area (Å²) in [5, 5.41) is 8.80. The largest absolute Gasteiger partial charge is 0.347 e. The third-order valence-corrected chi connectivity index (χ3v) is 5.71. The highest BCUT2D eigenvalue weighted by molar-refractivity contribution is 6.31. The van der Waals surface area contributed by atoms with Gasteiger partial charge in [-0.05, 0) is 41.3 Å². The summed E-state index contributed by atoms with van der Waals surface area (Å²) < 4.78 is 13.6. The number of benzene rings is 2. The molecule has 27 heavy (non-hydrogen) atoms. The molecule has 2 aliphatic rings. The average molecular weight is 408 g/mol. The molecule has 1 fully saturated rings. The highest BCUT2D eigenvalue weighted by atomic mass is 35.5. The molecule has 4 rings (SSSR count). The van der Waals surface area contributed by atoms with Crippen molar-refractivity contribution in [2.24, 2.45) is 0 Å². The summed E-state index contributed by atoms with van der Waals surface area (Å²) in [5.74, 6) is -0.849. The molecule has 0 bridgehead atoms. The van der Waals surface area contributed by atoms with E-state index in [4.69, 9.17) is 23.2 Å². The monoisotopic (exact) mass is 407 g/mol. The first-order chi connectivity index (χ1) is 12.9. The second-order valence-corrected chi connectivity index (χ2v) is 7.50. The molecule has 2 aromatic rings. The van der Waals surface area contributed by atoms with Crippen molar-refractivity contribution in [2.45, 2.75) is 24.4 Å². The van der Waals surface area contributed by atoms with Crippen LogP contribution in [0.2, 0.25) is 10.0 Å². The van der Waals surface area contributed by atoms with Crippen molar-refractivity contribution in [1.29, 1.82) is 0 Å². The fraction of sp³-hybridized carbons (Fsp3) is 0.263. The Hall–Kier alpha value is -2.31. The van der Waals surface area contributed by atoms with Crippen molar-refractivity contribution in [3.05, 3.63) is 69.0 Å². The molecule has 1 heterocycles. The topological polar surface area (TPSA) is 70.2 Å². The minimum absolute atomic E-state index is 0.00627. The van der Waals surface area contributed by atoms with E-state index in [1.807, 2.05) is 18.2 Å². The number of fused-ring (bicyclic) bond motifs is 1. The Morgan fingerprint density at radius 1 is 1.22 bits per heavy atom. The van der Waals surface area contributed by atoms with Crippen LogP contribution >= 0.6 is 23.2 Å². The van der Waals surface area contributed by atoms with Crippen LogP contribution in [-0.4, -0.2) is 24.5 Å². The Morgan fingerprint density at radius 2 is 2.04 bits per heavy atom. The molecule has 3 amide bonds. The van der Waals surface area contributed by atoms with E-state index in [1.54, 1.807) is 6.07 Å². The lowest BCUT2D eigenvalue weighted by atomic mass is 9.71. The minimum Gasteiger partial charge on any atom is -0.347 e. The molecular weight excluding hydrogens is 392 g/mol. The number of hydrogen-bond donors (Lipinski definition) is 3. The first kappa shape index (κ1) is 18.1. The van der Waals surface area contributed by atoms with Gasteiger partial charge in [0.2, 0.25) is 5.91 Å². The minimum atomic E-state index is -0.658. The van der Waals surface area contributed by atoms with E-state index in [0.29, 0.717) is 17.0 Å². The van der Waals surface area contributed by atoms with Gasteiger partial charge < -0.3 is 16.0 Å². The SMILES string of the molecule is O=C1NC[C@@H](C(=O)N[C@H](c2ccc(F)c(Cl)c2)[C@@H]2Cc3c(Cl)cccc32)N1. The van der Waals surface area contributed by atoms with Crippen molar-refractivity contribution in [1.82, 2.24) is 16.0 Å². The molecule has 0 saturated carbocycles. The number of nitrogens with one attached hydrogen (secondary N) is 3. The number of amides is 3. The Kier molecular flexibility index (Phi) is 4.70. The zero-order chi connectivity index (χ0) is 19.1. The van der Waals surface area contributed by atoms with Crippen molar-refractivity contribution in [3.8, 4) is 0 Å². The predicted octanol–water partition coefficient (Wildman–Crippen LogP) is 3.31. The van der Waals surface area contributed by atoms with Crippen LogP contribution in [0.4, 0.5) is 9.18 Å². The Labute approximate surface area is 165 Å². The molecule has 1 aliphatic heterocycles. The first-order valence-electron chi connectivity index (χ1n) is 8.51. The molecule has 0 spiro atoms. The number of carbonyl (C=O) groups is 2. The summed E-state index contributed by atoms with van der Waals surface area (Å²) >= 11 is 12.2. The molecule has 0 radical (unpaired) electrons. The van der Waals surface area contributed by atoms with Gasteiger partial charge in [0.25, 0.3) is 0 Å². The summed E-state index contributed by atoms with van der Waals surface area (Å²) in [5.41, 5.74) is 2.79. The lowest BCUT2D eigenvalue weighted by Gasteiger charge is -2.38. The quantitative estimate of drug-likeness (QED) is 0.727. The van der Waals surface area contributed by atoms with Crippen molar-refractivity contribution in [2.75, 3.05) is 6.54 Å². The van der Waals surface area contributed by atoms with E-state index in [9.17, 15) is 14.0 Å². The van der Waals surface area contributed by atoms with Crippen LogP contribution in [0.1, 0.15) is 28.7 Å². The van der Waals surface area contributed by atoms with Crippen LogP contribution in [0.5, 0.6) is 0 Å². The van der Waals surface area contributed by atoms with E-state index in [-0.39, 0.29) is 29.4 Å². The molecule has 2 aromatic carbocycles. The molecule has 8 heteroatoms. The summed E-state index contributed by atoms with van der Waals surface area (Å²) in [6.45, 7) is 0.217.